The third-order valence-corrected chi connectivity index (χ3v) is 2.42. The third-order valence-electron chi connectivity index (χ3n) is 2.42. The van der Waals surface area contributed by atoms with E-state index in [9.17, 15) is 9.90 Å². The number of benzene rings is 1. The summed E-state index contributed by atoms with van der Waals surface area (Å²) in [4.78, 5) is 11.2. The molecule has 0 aliphatic rings. The Morgan fingerprint density at radius 2 is 2.12 bits per heavy atom. The van der Waals surface area contributed by atoms with Crippen molar-refractivity contribution in [2.75, 3.05) is 7.11 Å². The molecule has 0 radical (unpaired) electrons. The van der Waals surface area contributed by atoms with E-state index in [1.54, 1.807) is 25.1 Å². The number of phenols is 1. The van der Waals surface area contributed by atoms with Gasteiger partial charge in [0.05, 0.1) is 7.11 Å². The van der Waals surface area contributed by atoms with E-state index in [2.05, 4.69) is 10.1 Å². The molecule has 88 valence electrons. The number of phenolic OH excluding ortho intramolecular Hbond substituents is 1. The SMILES string of the molecule is COC(=O)C(C)NC(C)c1cccc(O)c1. The molecule has 0 aliphatic heterocycles. The number of carbonyl (C=O) groups is 1. The molecule has 1 rings (SSSR count). The number of esters is 1. The number of carbonyl (C=O) groups excluding carboxylic acids is 1. The van der Waals surface area contributed by atoms with Crippen LogP contribution >= 0.6 is 0 Å². The Kier molecular flexibility index (Phi) is 4.31. The van der Waals surface area contributed by atoms with Crippen molar-refractivity contribution in [3.63, 3.8) is 0 Å². The summed E-state index contributed by atoms with van der Waals surface area (Å²) in [6.07, 6.45) is 0. The average Bonchev–Trinajstić information content (AvgIpc) is 2.27. The van der Waals surface area contributed by atoms with Crippen molar-refractivity contribution >= 4 is 5.97 Å². The van der Waals surface area contributed by atoms with Gasteiger partial charge in [0.1, 0.15) is 11.8 Å². The van der Waals surface area contributed by atoms with Crippen LogP contribution in [0, 0.1) is 0 Å². The smallest absolute Gasteiger partial charge is 0.322 e. The van der Waals surface area contributed by atoms with Crippen molar-refractivity contribution in [1.82, 2.24) is 5.32 Å². The Balaban J connectivity index is 2.65. The molecule has 0 saturated carbocycles. The fraction of sp³-hybridized carbons (Fsp3) is 0.417. The second kappa shape index (κ2) is 5.51. The third kappa shape index (κ3) is 3.24. The van der Waals surface area contributed by atoms with Gasteiger partial charge in [-0.25, -0.2) is 0 Å². The lowest BCUT2D eigenvalue weighted by Gasteiger charge is -2.18. The van der Waals surface area contributed by atoms with Crippen molar-refractivity contribution in [2.45, 2.75) is 25.9 Å². The van der Waals surface area contributed by atoms with E-state index in [0.29, 0.717) is 0 Å². The lowest BCUT2D eigenvalue weighted by molar-refractivity contribution is -0.142. The van der Waals surface area contributed by atoms with Crippen LogP contribution in [0.2, 0.25) is 0 Å². The summed E-state index contributed by atoms with van der Waals surface area (Å²) in [6, 6.07) is 6.54. The Morgan fingerprint density at radius 3 is 2.69 bits per heavy atom. The van der Waals surface area contributed by atoms with Gasteiger partial charge in [0.2, 0.25) is 0 Å². The van der Waals surface area contributed by atoms with E-state index in [1.807, 2.05) is 13.0 Å². The number of nitrogens with one attached hydrogen (secondary N) is 1. The van der Waals surface area contributed by atoms with E-state index in [0.717, 1.165) is 5.56 Å². The van der Waals surface area contributed by atoms with E-state index in [-0.39, 0.29) is 23.8 Å². The second-order valence-corrected chi connectivity index (χ2v) is 3.73. The molecule has 0 aromatic heterocycles. The molecule has 4 nitrogen and oxygen atoms in total. The van der Waals surface area contributed by atoms with Crippen LogP contribution in [0.15, 0.2) is 24.3 Å². The summed E-state index contributed by atoms with van der Waals surface area (Å²) >= 11 is 0. The molecule has 1 aromatic carbocycles. The van der Waals surface area contributed by atoms with Gasteiger partial charge in [-0.15, -0.1) is 0 Å². The van der Waals surface area contributed by atoms with Gasteiger partial charge in [-0.3, -0.25) is 10.1 Å². The van der Waals surface area contributed by atoms with Crippen molar-refractivity contribution in [1.29, 1.82) is 0 Å². The first-order chi connectivity index (χ1) is 7.54. The van der Waals surface area contributed by atoms with E-state index >= 15 is 0 Å². The molecular formula is C12H17NO3. The normalized spacial score (nSPS) is 14.2. The van der Waals surface area contributed by atoms with Crippen LogP contribution in [-0.4, -0.2) is 24.2 Å². The molecule has 16 heavy (non-hydrogen) atoms. The Bertz CT molecular complexity index is 365. The van der Waals surface area contributed by atoms with Crippen molar-refractivity contribution in [2.24, 2.45) is 0 Å². The molecular weight excluding hydrogens is 206 g/mol. The summed E-state index contributed by atoms with van der Waals surface area (Å²) in [5.41, 5.74) is 0.927. The van der Waals surface area contributed by atoms with Gasteiger partial charge in [0.15, 0.2) is 0 Å². The summed E-state index contributed by atoms with van der Waals surface area (Å²) in [6.45, 7) is 3.67. The highest BCUT2D eigenvalue weighted by Crippen LogP contribution is 2.18. The molecule has 2 atom stereocenters. The first-order valence-electron chi connectivity index (χ1n) is 5.17. The molecule has 2 unspecified atom stereocenters. The standard InChI is InChI=1S/C12H17NO3/c1-8(13-9(2)12(15)16-3)10-5-4-6-11(14)7-10/h4-9,13-14H,1-3H3. The highest BCUT2D eigenvalue weighted by molar-refractivity contribution is 5.75. The molecule has 0 fully saturated rings. The largest absolute Gasteiger partial charge is 0.508 e. The fourth-order valence-electron chi connectivity index (χ4n) is 1.51. The molecule has 0 aliphatic carbocycles. The number of hydrogen-bond acceptors (Lipinski definition) is 4. The highest BCUT2D eigenvalue weighted by atomic mass is 16.5. The molecule has 0 spiro atoms. The minimum absolute atomic E-state index is 0.0267. The van der Waals surface area contributed by atoms with Gasteiger partial charge >= 0.3 is 5.97 Å². The summed E-state index contributed by atoms with van der Waals surface area (Å²) in [7, 11) is 1.36. The molecule has 1 aromatic rings. The van der Waals surface area contributed by atoms with E-state index in [4.69, 9.17) is 0 Å². The highest BCUT2D eigenvalue weighted by Gasteiger charge is 2.16. The zero-order valence-electron chi connectivity index (χ0n) is 9.73. The van der Waals surface area contributed by atoms with Crippen LogP contribution in [0.5, 0.6) is 5.75 Å². The predicted molar refractivity (Wildman–Crippen MR) is 61.1 cm³/mol. The van der Waals surface area contributed by atoms with Crippen LogP contribution in [0.4, 0.5) is 0 Å². The van der Waals surface area contributed by atoms with Crippen molar-refractivity contribution in [3.05, 3.63) is 29.8 Å². The van der Waals surface area contributed by atoms with Gasteiger partial charge in [-0.2, -0.15) is 0 Å². The number of methoxy groups -OCH3 is 1. The minimum Gasteiger partial charge on any atom is -0.508 e. The number of ether oxygens (including phenoxy) is 1. The fourth-order valence-corrected chi connectivity index (χ4v) is 1.51. The van der Waals surface area contributed by atoms with Gasteiger partial charge in [0, 0.05) is 6.04 Å². The number of aromatic hydroxyl groups is 1. The minimum atomic E-state index is -0.373. The van der Waals surface area contributed by atoms with Gasteiger partial charge in [0.25, 0.3) is 0 Å². The van der Waals surface area contributed by atoms with Crippen LogP contribution in [0.1, 0.15) is 25.5 Å². The molecule has 0 bridgehead atoms. The van der Waals surface area contributed by atoms with E-state index in [1.165, 1.54) is 7.11 Å². The maximum atomic E-state index is 11.2. The van der Waals surface area contributed by atoms with Crippen LogP contribution in [0.25, 0.3) is 0 Å². The van der Waals surface area contributed by atoms with Crippen LogP contribution in [-0.2, 0) is 9.53 Å². The first kappa shape index (κ1) is 12.5. The van der Waals surface area contributed by atoms with Crippen LogP contribution < -0.4 is 5.32 Å². The Morgan fingerprint density at radius 1 is 1.44 bits per heavy atom. The topological polar surface area (TPSA) is 58.6 Å². The van der Waals surface area contributed by atoms with Crippen molar-refractivity contribution < 1.29 is 14.6 Å². The number of hydrogen-bond donors (Lipinski definition) is 2. The monoisotopic (exact) mass is 223 g/mol. The first-order valence-corrected chi connectivity index (χ1v) is 5.17. The zero-order valence-corrected chi connectivity index (χ0v) is 9.73. The second-order valence-electron chi connectivity index (χ2n) is 3.73. The maximum Gasteiger partial charge on any atom is 0.322 e. The molecule has 0 amide bonds. The summed E-state index contributed by atoms with van der Waals surface area (Å²) in [5, 5.41) is 12.4. The van der Waals surface area contributed by atoms with Gasteiger partial charge in [-0.1, -0.05) is 12.1 Å². The average molecular weight is 223 g/mol. The Labute approximate surface area is 95.2 Å². The van der Waals surface area contributed by atoms with E-state index < -0.39 is 0 Å². The molecule has 2 N–H and O–H groups in total. The van der Waals surface area contributed by atoms with Crippen LogP contribution in [0.3, 0.4) is 0 Å². The predicted octanol–water partition coefficient (Wildman–Crippen LogP) is 1.60. The molecule has 0 saturated heterocycles. The quantitative estimate of drug-likeness (QED) is 0.761. The molecule has 4 heteroatoms. The summed E-state index contributed by atoms with van der Waals surface area (Å²) in [5.74, 6) is -0.0797. The zero-order chi connectivity index (χ0) is 12.1. The maximum absolute atomic E-state index is 11.2. The van der Waals surface area contributed by atoms with Gasteiger partial charge in [-0.05, 0) is 31.5 Å². The number of rotatable bonds is 4. The summed E-state index contributed by atoms with van der Waals surface area (Å²) < 4.78 is 4.62. The van der Waals surface area contributed by atoms with Gasteiger partial charge < -0.3 is 9.84 Å². The Hall–Kier alpha value is -1.55. The lowest BCUT2D eigenvalue weighted by Crippen LogP contribution is -2.36. The molecule has 0 heterocycles. The lowest BCUT2D eigenvalue weighted by atomic mass is 10.1. The van der Waals surface area contributed by atoms with Crippen molar-refractivity contribution in [3.8, 4) is 5.75 Å².